The number of likely N-dealkylation sites (N-methyl/N-ethyl adjacent to an activating group) is 1. The van der Waals surface area contributed by atoms with Gasteiger partial charge in [-0.25, -0.2) is 0 Å². The summed E-state index contributed by atoms with van der Waals surface area (Å²) < 4.78 is 0. The van der Waals surface area contributed by atoms with Crippen molar-refractivity contribution in [2.24, 2.45) is 0 Å². The van der Waals surface area contributed by atoms with Crippen LogP contribution >= 0.6 is 0 Å². The summed E-state index contributed by atoms with van der Waals surface area (Å²) in [6.45, 7) is 10.6. The molecule has 1 N–H and O–H groups in total. The molecule has 1 aliphatic rings. The zero-order chi connectivity index (χ0) is 10.9. The van der Waals surface area contributed by atoms with Gasteiger partial charge >= 0.3 is 0 Å². The fraction of sp³-hybridized carbons (Fsp3) is 1.00. The average Bonchev–Trinajstić information content (AvgIpc) is 2.12. The monoisotopic (exact) mass is 200 g/mol. The van der Waals surface area contributed by atoms with E-state index in [1.165, 1.54) is 0 Å². The van der Waals surface area contributed by atoms with Crippen LogP contribution in [0.15, 0.2) is 0 Å². The topological polar surface area (TPSA) is 26.7 Å². The summed E-state index contributed by atoms with van der Waals surface area (Å²) >= 11 is 0. The number of rotatable bonds is 2. The first-order valence-electron chi connectivity index (χ1n) is 5.57. The molecule has 0 saturated carbocycles. The molecule has 3 nitrogen and oxygen atoms in total. The van der Waals surface area contributed by atoms with Gasteiger partial charge in [-0.15, -0.1) is 0 Å². The molecule has 4 atom stereocenters. The molecule has 0 radical (unpaired) electrons. The highest BCUT2D eigenvalue weighted by molar-refractivity contribution is 4.86. The second-order valence-electron chi connectivity index (χ2n) is 4.80. The number of nitrogens with zero attached hydrogens (tertiary/aromatic N) is 2. The quantitative estimate of drug-likeness (QED) is 0.713. The van der Waals surface area contributed by atoms with E-state index in [1.54, 1.807) is 0 Å². The van der Waals surface area contributed by atoms with Crippen molar-refractivity contribution in [1.29, 1.82) is 0 Å². The zero-order valence-electron chi connectivity index (χ0n) is 10.1. The smallest absolute Gasteiger partial charge is 0.0664 e. The Balaban J connectivity index is 2.57. The lowest BCUT2D eigenvalue weighted by Crippen LogP contribution is -2.58. The molecule has 1 rings (SSSR count). The van der Waals surface area contributed by atoms with Gasteiger partial charge in [0.2, 0.25) is 0 Å². The van der Waals surface area contributed by atoms with E-state index in [0.717, 1.165) is 13.1 Å². The van der Waals surface area contributed by atoms with E-state index in [9.17, 15) is 5.11 Å². The minimum absolute atomic E-state index is 0.238. The summed E-state index contributed by atoms with van der Waals surface area (Å²) in [6.07, 6.45) is -0.238. The third-order valence-electron chi connectivity index (χ3n) is 3.66. The maximum absolute atomic E-state index is 9.56. The van der Waals surface area contributed by atoms with Crippen LogP contribution in [0.3, 0.4) is 0 Å². The maximum Gasteiger partial charge on any atom is 0.0664 e. The first-order valence-corrected chi connectivity index (χ1v) is 5.57. The highest BCUT2D eigenvalue weighted by Gasteiger charge is 2.30. The Bertz CT molecular complexity index is 172. The van der Waals surface area contributed by atoms with E-state index >= 15 is 0 Å². The Morgan fingerprint density at radius 1 is 1.14 bits per heavy atom. The molecule has 84 valence electrons. The van der Waals surface area contributed by atoms with Crippen LogP contribution in [-0.2, 0) is 0 Å². The van der Waals surface area contributed by atoms with E-state index in [-0.39, 0.29) is 12.1 Å². The SMILES string of the molecule is CC(O)C(C)N1CC(C)N(C)C(C)C1. The Morgan fingerprint density at radius 2 is 1.57 bits per heavy atom. The Hall–Kier alpha value is -0.120. The Labute approximate surface area is 87.7 Å². The minimum atomic E-state index is -0.238. The molecule has 1 fully saturated rings. The van der Waals surface area contributed by atoms with Gasteiger partial charge in [0.05, 0.1) is 6.10 Å². The zero-order valence-corrected chi connectivity index (χ0v) is 10.1. The number of hydrogen-bond acceptors (Lipinski definition) is 3. The molecular formula is C11H24N2O. The van der Waals surface area contributed by atoms with Crippen molar-refractivity contribution in [3.63, 3.8) is 0 Å². The molecule has 0 amide bonds. The van der Waals surface area contributed by atoms with Gasteiger partial charge in [-0.05, 0) is 34.7 Å². The number of piperazine rings is 1. The molecule has 1 aliphatic heterocycles. The first kappa shape index (κ1) is 12.0. The third kappa shape index (κ3) is 2.47. The van der Waals surface area contributed by atoms with Crippen LogP contribution < -0.4 is 0 Å². The van der Waals surface area contributed by atoms with Gasteiger partial charge in [0.25, 0.3) is 0 Å². The van der Waals surface area contributed by atoms with Crippen molar-refractivity contribution in [1.82, 2.24) is 9.80 Å². The molecule has 0 spiro atoms. The van der Waals surface area contributed by atoms with Crippen LogP contribution in [0.1, 0.15) is 27.7 Å². The summed E-state index contributed by atoms with van der Waals surface area (Å²) in [6, 6.07) is 1.44. The standard InChI is InChI=1S/C11H24N2O/c1-8-6-13(10(3)11(4)14)7-9(2)12(8)5/h8-11,14H,6-7H2,1-5H3. The summed E-state index contributed by atoms with van der Waals surface area (Å²) in [5.41, 5.74) is 0. The Kier molecular flexibility index (Phi) is 3.93. The van der Waals surface area contributed by atoms with Crippen LogP contribution in [-0.4, -0.2) is 59.3 Å². The van der Waals surface area contributed by atoms with Crippen LogP contribution in [0.5, 0.6) is 0 Å². The minimum Gasteiger partial charge on any atom is -0.392 e. The predicted molar refractivity (Wildman–Crippen MR) is 59.4 cm³/mol. The maximum atomic E-state index is 9.56. The highest BCUT2D eigenvalue weighted by Crippen LogP contribution is 2.16. The van der Waals surface area contributed by atoms with Crippen molar-refractivity contribution in [3.8, 4) is 0 Å². The van der Waals surface area contributed by atoms with Gasteiger partial charge in [-0.3, -0.25) is 9.80 Å². The fourth-order valence-electron chi connectivity index (χ4n) is 2.08. The van der Waals surface area contributed by atoms with Crippen LogP contribution in [0, 0.1) is 0 Å². The lowest BCUT2D eigenvalue weighted by atomic mass is 10.1. The third-order valence-corrected chi connectivity index (χ3v) is 3.66. The molecular weight excluding hydrogens is 176 g/mol. The van der Waals surface area contributed by atoms with Crippen molar-refractivity contribution < 1.29 is 5.11 Å². The largest absolute Gasteiger partial charge is 0.392 e. The van der Waals surface area contributed by atoms with E-state index in [2.05, 4.69) is 37.6 Å². The second kappa shape index (κ2) is 4.60. The molecule has 3 heteroatoms. The molecule has 0 aromatic carbocycles. The molecule has 1 saturated heterocycles. The summed E-state index contributed by atoms with van der Waals surface area (Å²) in [5, 5.41) is 9.56. The molecule has 0 aliphatic carbocycles. The van der Waals surface area contributed by atoms with Crippen molar-refractivity contribution in [3.05, 3.63) is 0 Å². The molecule has 0 aromatic heterocycles. The van der Waals surface area contributed by atoms with Crippen molar-refractivity contribution in [2.75, 3.05) is 20.1 Å². The van der Waals surface area contributed by atoms with E-state index in [0.29, 0.717) is 12.1 Å². The Morgan fingerprint density at radius 3 is 1.93 bits per heavy atom. The summed E-state index contributed by atoms with van der Waals surface area (Å²) in [5.74, 6) is 0. The van der Waals surface area contributed by atoms with Crippen LogP contribution in [0.25, 0.3) is 0 Å². The normalized spacial score (nSPS) is 35.6. The van der Waals surface area contributed by atoms with Gasteiger partial charge in [0, 0.05) is 31.2 Å². The van der Waals surface area contributed by atoms with Gasteiger partial charge < -0.3 is 5.11 Å². The van der Waals surface area contributed by atoms with Gasteiger partial charge in [0.15, 0.2) is 0 Å². The van der Waals surface area contributed by atoms with Gasteiger partial charge in [-0.2, -0.15) is 0 Å². The van der Waals surface area contributed by atoms with Crippen molar-refractivity contribution >= 4 is 0 Å². The second-order valence-corrected chi connectivity index (χ2v) is 4.80. The van der Waals surface area contributed by atoms with E-state index in [1.807, 2.05) is 6.92 Å². The molecule has 4 unspecified atom stereocenters. The molecule has 0 bridgehead atoms. The predicted octanol–water partition coefficient (Wildman–Crippen LogP) is 0.780. The van der Waals surface area contributed by atoms with Crippen LogP contribution in [0.4, 0.5) is 0 Å². The number of aliphatic hydroxyl groups excluding tert-OH is 1. The van der Waals surface area contributed by atoms with Crippen molar-refractivity contribution in [2.45, 2.75) is 51.9 Å². The number of hydrogen-bond donors (Lipinski definition) is 1. The summed E-state index contributed by atoms with van der Waals surface area (Å²) in [7, 11) is 2.18. The van der Waals surface area contributed by atoms with Crippen LogP contribution in [0.2, 0.25) is 0 Å². The average molecular weight is 200 g/mol. The summed E-state index contributed by atoms with van der Waals surface area (Å²) in [4.78, 5) is 4.80. The number of aliphatic hydroxyl groups is 1. The lowest BCUT2D eigenvalue weighted by Gasteiger charge is -2.45. The lowest BCUT2D eigenvalue weighted by molar-refractivity contribution is -0.00164. The fourth-order valence-corrected chi connectivity index (χ4v) is 2.08. The first-order chi connectivity index (χ1) is 6.43. The highest BCUT2D eigenvalue weighted by atomic mass is 16.3. The molecule has 14 heavy (non-hydrogen) atoms. The molecule has 0 aromatic rings. The van der Waals surface area contributed by atoms with E-state index < -0.39 is 0 Å². The van der Waals surface area contributed by atoms with Gasteiger partial charge in [0.1, 0.15) is 0 Å². The van der Waals surface area contributed by atoms with E-state index in [4.69, 9.17) is 0 Å². The molecule has 1 heterocycles. The van der Waals surface area contributed by atoms with Gasteiger partial charge in [-0.1, -0.05) is 0 Å².